The number of ether oxygens (including phenoxy) is 4. The molecule has 0 spiro atoms. The fraction of sp³-hybridized carbons (Fsp3) is 0.594. The number of benzene rings is 1. The van der Waals surface area contributed by atoms with Gasteiger partial charge in [-0.2, -0.15) is 0 Å². The minimum Gasteiger partial charge on any atom is -0.494 e. The van der Waals surface area contributed by atoms with Gasteiger partial charge >= 0.3 is 12.1 Å². The van der Waals surface area contributed by atoms with Crippen LogP contribution in [0.2, 0.25) is 0 Å². The highest BCUT2D eigenvalue weighted by atomic mass is 16.6. The molecule has 11 nitrogen and oxygen atoms in total. The van der Waals surface area contributed by atoms with Gasteiger partial charge in [0.1, 0.15) is 40.7 Å². The van der Waals surface area contributed by atoms with Crippen molar-refractivity contribution in [3.05, 3.63) is 36.0 Å². The van der Waals surface area contributed by atoms with Crippen molar-refractivity contribution >= 4 is 29.0 Å². The molecule has 2 aliphatic carbocycles. The van der Waals surface area contributed by atoms with Gasteiger partial charge < -0.3 is 29.2 Å². The fourth-order valence-electron chi connectivity index (χ4n) is 6.84. The van der Waals surface area contributed by atoms with Crippen LogP contribution >= 0.6 is 0 Å². The van der Waals surface area contributed by atoms with Crippen LogP contribution in [0.25, 0.3) is 11.0 Å². The predicted octanol–water partition coefficient (Wildman–Crippen LogP) is 4.12. The monoisotopic (exact) mass is 592 g/mol. The van der Waals surface area contributed by atoms with E-state index in [1.165, 1.54) is 12.0 Å². The maximum absolute atomic E-state index is 14.2. The first-order valence-electron chi connectivity index (χ1n) is 15.3. The van der Waals surface area contributed by atoms with Gasteiger partial charge in [-0.1, -0.05) is 31.1 Å². The molecule has 1 aromatic carbocycles. The zero-order chi connectivity index (χ0) is 30.1. The number of esters is 1. The summed E-state index contributed by atoms with van der Waals surface area (Å²) in [5.74, 6) is 0.264. The van der Waals surface area contributed by atoms with E-state index >= 15 is 0 Å². The molecule has 0 radical (unpaired) electrons. The minimum atomic E-state index is -0.856. The van der Waals surface area contributed by atoms with Crippen LogP contribution in [-0.4, -0.2) is 77.4 Å². The van der Waals surface area contributed by atoms with Crippen molar-refractivity contribution < 1.29 is 33.3 Å². The van der Waals surface area contributed by atoms with E-state index < -0.39 is 35.9 Å². The van der Waals surface area contributed by atoms with Crippen LogP contribution in [0.3, 0.4) is 0 Å². The predicted molar refractivity (Wildman–Crippen MR) is 157 cm³/mol. The Morgan fingerprint density at radius 1 is 1.14 bits per heavy atom. The number of aryl methyl sites for hydroxylation is 1. The number of rotatable bonds is 3. The van der Waals surface area contributed by atoms with E-state index in [4.69, 9.17) is 28.9 Å². The number of aromatic nitrogens is 2. The molecule has 2 aromatic rings. The van der Waals surface area contributed by atoms with Crippen LogP contribution < -0.4 is 14.8 Å². The van der Waals surface area contributed by atoms with Crippen LogP contribution in [-0.2, 0) is 25.5 Å². The van der Waals surface area contributed by atoms with E-state index in [0.717, 1.165) is 38.5 Å². The lowest BCUT2D eigenvalue weighted by Gasteiger charge is -2.31. The average molecular weight is 593 g/mol. The zero-order valence-corrected chi connectivity index (χ0v) is 25.0. The van der Waals surface area contributed by atoms with Crippen LogP contribution in [0.1, 0.15) is 64.0 Å². The molecular weight excluding hydrogens is 552 g/mol. The summed E-state index contributed by atoms with van der Waals surface area (Å²) >= 11 is 0. The maximum atomic E-state index is 14.2. The first-order valence-corrected chi connectivity index (χ1v) is 15.3. The number of allylic oxidation sites excluding steroid dienone is 2. The van der Waals surface area contributed by atoms with Gasteiger partial charge in [0.25, 0.3) is 0 Å². The number of carbonyl (C=O) groups excluding carboxylic acids is 3. The summed E-state index contributed by atoms with van der Waals surface area (Å²) in [5.41, 5.74) is 1.40. The van der Waals surface area contributed by atoms with E-state index in [0.29, 0.717) is 41.2 Å². The molecule has 230 valence electrons. The number of methoxy groups -OCH3 is 2. The van der Waals surface area contributed by atoms with E-state index in [2.05, 4.69) is 17.5 Å². The van der Waals surface area contributed by atoms with Crippen molar-refractivity contribution in [2.24, 2.45) is 11.8 Å². The van der Waals surface area contributed by atoms with Crippen molar-refractivity contribution in [1.29, 1.82) is 0 Å². The smallest absolute Gasteiger partial charge is 0.408 e. The number of amides is 2. The van der Waals surface area contributed by atoms with Gasteiger partial charge in [0.2, 0.25) is 11.8 Å². The molecule has 6 rings (SSSR count). The van der Waals surface area contributed by atoms with Gasteiger partial charge in [0.05, 0.1) is 26.3 Å². The van der Waals surface area contributed by atoms with E-state index in [9.17, 15) is 14.4 Å². The van der Waals surface area contributed by atoms with E-state index in [1.807, 2.05) is 25.1 Å². The van der Waals surface area contributed by atoms with Crippen LogP contribution in [0, 0.1) is 11.8 Å². The SMILES string of the molecule is COC(=O)[C@@H]1C[C@@H]2CN1C(=O)[C@H](C1CCCC1)NC(=O)O[C@@]1(C)C[C@@H]1C/C=C/CCc1nc3cccc(OC)c3nc1O2. The Hall–Kier alpha value is -3.89. The van der Waals surface area contributed by atoms with Gasteiger partial charge in [0, 0.05) is 12.3 Å². The number of hydrogen-bond acceptors (Lipinski definition) is 9. The summed E-state index contributed by atoms with van der Waals surface area (Å²) in [6.45, 7) is 2.08. The molecule has 0 unspecified atom stereocenters. The maximum Gasteiger partial charge on any atom is 0.408 e. The Kier molecular flexibility index (Phi) is 8.15. The molecule has 4 aliphatic rings. The molecular formula is C32H40N4O7. The van der Waals surface area contributed by atoms with Gasteiger partial charge in [-0.3, -0.25) is 4.79 Å². The number of para-hydroxylation sites is 1. The number of alkyl carbamates (subject to hydrolysis) is 1. The van der Waals surface area contributed by atoms with Crippen molar-refractivity contribution in [3.63, 3.8) is 0 Å². The van der Waals surface area contributed by atoms with Crippen LogP contribution in [0.15, 0.2) is 30.4 Å². The van der Waals surface area contributed by atoms with Crippen molar-refractivity contribution in [2.45, 2.75) is 88.5 Å². The Bertz CT molecular complexity index is 1420. The molecule has 1 aromatic heterocycles. The molecule has 2 bridgehead atoms. The number of carbonyl (C=O) groups is 3. The summed E-state index contributed by atoms with van der Waals surface area (Å²) in [7, 11) is 2.89. The first-order chi connectivity index (χ1) is 20.8. The largest absolute Gasteiger partial charge is 0.494 e. The highest BCUT2D eigenvalue weighted by Crippen LogP contribution is 2.49. The highest BCUT2D eigenvalue weighted by molar-refractivity contribution is 5.90. The Morgan fingerprint density at radius 2 is 1.95 bits per heavy atom. The number of fused-ring (bicyclic) bond motifs is 5. The molecule has 2 aliphatic heterocycles. The van der Waals surface area contributed by atoms with Gasteiger partial charge in [-0.25, -0.2) is 19.6 Å². The standard InChI is InChI=1S/C32H40N4O7/c1-32-17-20(32)12-5-4-6-13-23-28(34-27-22(33-23)14-9-15-25(27)40-2)42-21-16-24(30(38)41-3)36(18-21)29(37)26(35-31(39)43-32)19-10-7-8-11-19/h4-5,9,14-15,19-21,24,26H,6-8,10-13,16-18H2,1-3H3,(H,35,39)/b5-4+/t20-,21+,24-,26-,32-/m0/s1. The lowest BCUT2D eigenvalue weighted by molar-refractivity contribution is -0.152. The van der Waals surface area contributed by atoms with E-state index in [-0.39, 0.29) is 30.7 Å². The average Bonchev–Trinajstić information content (AvgIpc) is 3.36. The molecule has 43 heavy (non-hydrogen) atoms. The van der Waals surface area contributed by atoms with Gasteiger partial charge in [-0.05, 0) is 63.5 Å². The third kappa shape index (κ3) is 5.99. The molecule has 1 saturated heterocycles. The Balaban J connectivity index is 1.36. The third-order valence-electron chi connectivity index (χ3n) is 9.44. The lowest BCUT2D eigenvalue weighted by Crippen LogP contribution is -2.55. The summed E-state index contributed by atoms with van der Waals surface area (Å²) in [5, 5.41) is 2.90. The van der Waals surface area contributed by atoms with Gasteiger partial charge in [-0.15, -0.1) is 0 Å². The van der Waals surface area contributed by atoms with Crippen molar-refractivity contribution in [2.75, 3.05) is 20.8 Å². The number of nitrogens with zero attached hydrogens (tertiary/aromatic N) is 3. The molecule has 3 fully saturated rings. The van der Waals surface area contributed by atoms with Crippen LogP contribution in [0.4, 0.5) is 4.79 Å². The second-order valence-corrected chi connectivity index (χ2v) is 12.3. The molecule has 11 heteroatoms. The number of nitrogens with one attached hydrogen (secondary N) is 1. The highest BCUT2D eigenvalue weighted by Gasteiger charge is 2.53. The summed E-state index contributed by atoms with van der Waals surface area (Å²) in [6, 6.07) is 3.93. The number of hydrogen-bond donors (Lipinski definition) is 1. The van der Waals surface area contributed by atoms with Gasteiger partial charge in [0.15, 0.2) is 0 Å². The lowest BCUT2D eigenvalue weighted by atomic mass is 9.96. The molecule has 1 N–H and O–H groups in total. The second-order valence-electron chi connectivity index (χ2n) is 12.3. The summed E-state index contributed by atoms with van der Waals surface area (Å²) in [6.07, 6.45) is 9.79. The third-order valence-corrected chi connectivity index (χ3v) is 9.44. The summed E-state index contributed by atoms with van der Waals surface area (Å²) < 4.78 is 23.0. The minimum absolute atomic E-state index is 0.0416. The Labute approximate surface area is 251 Å². The topological polar surface area (TPSA) is 129 Å². The molecule has 2 amide bonds. The van der Waals surface area contributed by atoms with Crippen molar-refractivity contribution in [1.82, 2.24) is 20.2 Å². The van der Waals surface area contributed by atoms with E-state index in [1.54, 1.807) is 7.11 Å². The first kappa shape index (κ1) is 29.2. The quantitative estimate of drug-likeness (QED) is 0.413. The molecule has 5 atom stereocenters. The second kappa shape index (κ2) is 12.0. The zero-order valence-electron chi connectivity index (χ0n) is 25.0. The summed E-state index contributed by atoms with van der Waals surface area (Å²) in [4.78, 5) is 51.5. The Morgan fingerprint density at radius 3 is 2.72 bits per heavy atom. The normalized spacial score (nSPS) is 30.6. The molecule has 2 saturated carbocycles. The fourth-order valence-corrected chi connectivity index (χ4v) is 6.84. The van der Waals surface area contributed by atoms with Crippen LogP contribution in [0.5, 0.6) is 11.6 Å². The molecule has 3 heterocycles. The van der Waals surface area contributed by atoms with Crippen molar-refractivity contribution in [3.8, 4) is 11.6 Å².